The standard InChI is InChI=1S/C11H18O2/c1-10(2)7-11(10,8-12)5-9-3-4-13-6-9/h8-9H,3-7H2,1-2H3. The Morgan fingerprint density at radius 1 is 1.54 bits per heavy atom. The minimum Gasteiger partial charge on any atom is -0.381 e. The van der Waals surface area contributed by atoms with E-state index in [0.29, 0.717) is 5.92 Å². The molecular weight excluding hydrogens is 164 g/mol. The third kappa shape index (κ3) is 1.41. The highest BCUT2D eigenvalue weighted by Crippen LogP contribution is 2.65. The van der Waals surface area contributed by atoms with Crippen LogP contribution in [0.15, 0.2) is 0 Å². The van der Waals surface area contributed by atoms with Crippen LogP contribution < -0.4 is 0 Å². The van der Waals surface area contributed by atoms with Gasteiger partial charge in [0.25, 0.3) is 0 Å². The maximum atomic E-state index is 11.1. The smallest absolute Gasteiger partial charge is 0.126 e. The molecule has 0 N–H and O–H groups in total. The Morgan fingerprint density at radius 2 is 2.23 bits per heavy atom. The Hall–Kier alpha value is -0.370. The average molecular weight is 182 g/mol. The molecule has 2 aliphatic rings. The minimum absolute atomic E-state index is 0.00856. The van der Waals surface area contributed by atoms with Gasteiger partial charge in [0.05, 0.1) is 0 Å². The molecule has 0 aromatic carbocycles. The van der Waals surface area contributed by atoms with Crippen molar-refractivity contribution in [2.45, 2.75) is 33.1 Å². The van der Waals surface area contributed by atoms with E-state index in [9.17, 15) is 4.79 Å². The van der Waals surface area contributed by atoms with Crippen molar-refractivity contribution < 1.29 is 9.53 Å². The molecule has 2 fully saturated rings. The predicted octanol–water partition coefficient (Wildman–Crippen LogP) is 2.03. The average Bonchev–Trinajstić information content (AvgIpc) is 2.52. The molecule has 0 bridgehead atoms. The second-order valence-corrected chi connectivity index (χ2v) is 5.27. The van der Waals surface area contributed by atoms with Crippen molar-refractivity contribution >= 4 is 6.29 Å². The van der Waals surface area contributed by atoms with E-state index < -0.39 is 0 Å². The largest absolute Gasteiger partial charge is 0.381 e. The van der Waals surface area contributed by atoms with Gasteiger partial charge in [0.1, 0.15) is 6.29 Å². The first kappa shape index (κ1) is 9.20. The molecule has 1 aliphatic heterocycles. The van der Waals surface area contributed by atoms with Crippen LogP contribution in [0, 0.1) is 16.7 Å². The van der Waals surface area contributed by atoms with Crippen LogP contribution in [0.2, 0.25) is 0 Å². The van der Waals surface area contributed by atoms with Gasteiger partial charge in [0, 0.05) is 18.6 Å². The van der Waals surface area contributed by atoms with Crippen LogP contribution in [-0.4, -0.2) is 19.5 Å². The number of carbonyl (C=O) groups is 1. The molecule has 0 aromatic heterocycles. The first-order valence-electron chi connectivity index (χ1n) is 5.14. The van der Waals surface area contributed by atoms with Gasteiger partial charge in [0.15, 0.2) is 0 Å². The molecule has 2 rings (SSSR count). The molecule has 2 heteroatoms. The molecule has 2 atom stereocenters. The van der Waals surface area contributed by atoms with E-state index in [0.717, 1.165) is 32.5 Å². The molecule has 0 amide bonds. The highest BCUT2D eigenvalue weighted by atomic mass is 16.5. The summed E-state index contributed by atoms with van der Waals surface area (Å²) >= 11 is 0. The third-order valence-corrected chi connectivity index (χ3v) is 3.88. The molecule has 1 aliphatic carbocycles. The van der Waals surface area contributed by atoms with Crippen molar-refractivity contribution in [2.75, 3.05) is 13.2 Å². The number of ether oxygens (including phenoxy) is 1. The molecule has 0 radical (unpaired) electrons. The monoisotopic (exact) mass is 182 g/mol. The van der Waals surface area contributed by atoms with E-state index in [1.165, 1.54) is 6.29 Å². The SMILES string of the molecule is CC1(C)CC1(C=O)CC1CCOC1. The predicted molar refractivity (Wildman–Crippen MR) is 50.4 cm³/mol. The highest BCUT2D eigenvalue weighted by molar-refractivity contribution is 5.66. The summed E-state index contributed by atoms with van der Waals surface area (Å²) in [6.45, 7) is 6.14. The molecule has 13 heavy (non-hydrogen) atoms. The minimum atomic E-state index is -0.00856. The Morgan fingerprint density at radius 3 is 2.62 bits per heavy atom. The zero-order valence-electron chi connectivity index (χ0n) is 8.51. The molecule has 1 saturated heterocycles. The summed E-state index contributed by atoms with van der Waals surface area (Å²) in [5, 5.41) is 0. The van der Waals surface area contributed by atoms with Gasteiger partial charge in [-0.15, -0.1) is 0 Å². The Balaban J connectivity index is 1.96. The lowest BCUT2D eigenvalue weighted by Gasteiger charge is -2.16. The second-order valence-electron chi connectivity index (χ2n) is 5.27. The van der Waals surface area contributed by atoms with Crippen LogP contribution in [0.1, 0.15) is 33.1 Å². The van der Waals surface area contributed by atoms with Gasteiger partial charge in [-0.2, -0.15) is 0 Å². The van der Waals surface area contributed by atoms with Crippen LogP contribution in [0.5, 0.6) is 0 Å². The van der Waals surface area contributed by atoms with Gasteiger partial charge in [-0.3, -0.25) is 0 Å². The van der Waals surface area contributed by atoms with E-state index in [-0.39, 0.29) is 10.8 Å². The van der Waals surface area contributed by atoms with Crippen molar-refractivity contribution in [3.63, 3.8) is 0 Å². The number of carbonyl (C=O) groups excluding carboxylic acids is 1. The van der Waals surface area contributed by atoms with Gasteiger partial charge >= 0.3 is 0 Å². The van der Waals surface area contributed by atoms with Crippen molar-refractivity contribution in [1.29, 1.82) is 0 Å². The van der Waals surface area contributed by atoms with Gasteiger partial charge in [0.2, 0.25) is 0 Å². The molecule has 1 saturated carbocycles. The topological polar surface area (TPSA) is 26.3 Å². The van der Waals surface area contributed by atoms with E-state index in [1.54, 1.807) is 0 Å². The summed E-state index contributed by atoms with van der Waals surface area (Å²) in [6.07, 6.45) is 4.44. The van der Waals surface area contributed by atoms with Gasteiger partial charge in [-0.1, -0.05) is 13.8 Å². The fourth-order valence-corrected chi connectivity index (χ4v) is 2.60. The van der Waals surface area contributed by atoms with E-state index in [4.69, 9.17) is 4.74 Å². The number of hydrogen-bond acceptors (Lipinski definition) is 2. The zero-order chi connectivity index (χ0) is 9.53. The first-order chi connectivity index (χ1) is 6.10. The molecule has 1 heterocycles. The summed E-state index contributed by atoms with van der Waals surface area (Å²) in [6, 6.07) is 0. The van der Waals surface area contributed by atoms with E-state index in [1.807, 2.05) is 0 Å². The fourth-order valence-electron chi connectivity index (χ4n) is 2.60. The van der Waals surface area contributed by atoms with Crippen LogP contribution in [-0.2, 0) is 9.53 Å². The Labute approximate surface area is 79.7 Å². The lowest BCUT2D eigenvalue weighted by atomic mass is 9.86. The van der Waals surface area contributed by atoms with Crippen LogP contribution in [0.3, 0.4) is 0 Å². The van der Waals surface area contributed by atoms with E-state index in [2.05, 4.69) is 13.8 Å². The van der Waals surface area contributed by atoms with Crippen molar-refractivity contribution in [3.8, 4) is 0 Å². The lowest BCUT2D eigenvalue weighted by molar-refractivity contribution is -0.113. The van der Waals surface area contributed by atoms with Gasteiger partial charge in [-0.25, -0.2) is 0 Å². The summed E-state index contributed by atoms with van der Waals surface area (Å²) in [5.74, 6) is 0.631. The summed E-state index contributed by atoms with van der Waals surface area (Å²) in [7, 11) is 0. The lowest BCUT2D eigenvalue weighted by Crippen LogP contribution is -2.16. The van der Waals surface area contributed by atoms with Crippen molar-refractivity contribution in [1.82, 2.24) is 0 Å². The Kier molecular flexibility index (Phi) is 1.99. The summed E-state index contributed by atoms with van der Waals surface area (Å²) in [5.41, 5.74) is 0.239. The van der Waals surface area contributed by atoms with Crippen molar-refractivity contribution in [3.05, 3.63) is 0 Å². The van der Waals surface area contributed by atoms with Crippen LogP contribution in [0.4, 0.5) is 0 Å². The first-order valence-corrected chi connectivity index (χ1v) is 5.14. The highest BCUT2D eigenvalue weighted by Gasteiger charge is 2.61. The number of rotatable bonds is 3. The zero-order valence-corrected chi connectivity index (χ0v) is 8.51. The summed E-state index contributed by atoms with van der Waals surface area (Å²) < 4.78 is 5.33. The maximum Gasteiger partial charge on any atom is 0.126 e. The van der Waals surface area contributed by atoms with Crippen molar-refractivity contribution in [2.24, 2.45) is 16.7 Å². The van der Waals surface area contributed by atoms with Crippen LogP contribution in [0.25, 0.3) is 0 Å². The quantitative estimate of drug-likeness (QED) is 0.624. The molecule has 2 nitrogen and oxygen atoms in total. The third-order valence-electron chi connectivity index (χ3n) is 3.88. The van der Waals surface area contributed by atoms with Gasteiger partial charge < -0.3 is 9.53 Å². The van der Waals surface area contributed by atoms with E-state index >= 15 is 0 Å². The summed E-state index contributed by atoms with van der Waals surface area (Å²) in [4.78, 5) is 11.1. The van der Waals surface area contributed by atoms with Gasteiger partial charge in [-0.05, 0) is 30.6 Å². The second kappa shape index (κ2) is 2.81. The fraction of sp³-hybridized carbons (Fsp3) is 0.909. The maximum absolute atomic E-state index is 11.1. The molecule has 74 valence electrons. The normalized spacial score (nSPS) is 41.8. The Bertz CT molecular complexity index is 216. The molecule has 0 aromatic rings. The molecular formula is C11H18O2. The number of aldehydes is 1. The molecule has 2 unspecified atom stereocenters. The number of hydrogen-bond donors (Lipinski definition) is 0. The molecule has 0 spiro atoms. The van der Waals surface area contributed by atoms with Crippen LogP contribution >= 0.6 is 0 Å².